The molecule has 0 saturated carbocycles. The number of rotatable bonds is 14. The van der Waals surface area contributed by atoms with Gasteiger partial charge in [0, 0.05) is 96.7 Å². The van der Waals surface area contributed by atoms with Gasteiger partial charge in [-0.15, -0.1) is 0 Å². The third kappa shape index (κ3) is 19.0. The molecule has 0 fully saturated rings. The van der Waals surface area contributed by atoms with E-state index in [1.165, 1.54) is 34.1 Å². The molecule has 10 N–H and O–H groups in total. The number of aromatic nitrogens is 5. The second kappa shape index (κ2) is 30.3. The fourth-order valence-electron chi connectivity index (χ4n) is 6.83. The first-order chi connectivity index (χ1) is 41.2. The van der Waals surface area contributed by atoms with Gasteiger partial charge in [0.2, 0.25) is 39.6 Å². The average Bonchev–Trinajstić information content (AvgIpc) is 3.76. The van der Waals surface area contributed by atoms with E-state index in [1.807, 2.05) is 18.2 Å². The van der Waals surface area contributed by atoms with Crippen LogP contribution in [0.4, 0.5) is 46.3 Å². The number of nitrogens with zero attached hydrogens (tertiary/aromatic N) is 10. The minimum Gasteiger partial charge on any atom is -0.478 e. The molecule has 9 rings (SSSR count). The zero-order chi connectivity index (χ0) is 64.2. The fraction of sp³-hybridized carbons (Fsp3) is 0.158. The number of hydrogen-bond acceptors (Lipinski definition) is 23. The molecule has 4 amide bonds. The zero-order valence-electron chi connectivity index (χ0n) is 47.6. The summed E-state index contributed by atoms with van der Waals surface area (Å²) in [5, 5.41) is 55.2. The topological polar surface area (TPSA) is 451 Å². The Morgan fingerprint density at radius 1 is 0.425 bits per heavy atom. The van der Waals surface area contributed by atoms with E-state index in [-0.39, 0.29) is 63.4 Å². The average molecular weight is 1250 g/mol. The monoisotopic (exact) mass is 1250 g/mol. The summed E-state index contributed by atoms with van der Waals surface area (Å²) in [6.07, 6.45) is 0. The van der Waals surface area contributed by atoms with E-state index < -0.39 is 23.8 Å². The summed E-state index contributed by atoms with van der Waals surface area (Å²) >= 11 is 3.03. The molecule has 0 saturated heterocycles. The summed E-state index contributed by atoms with van der Waals surface area (Å²) in [4.78, 5) is 89.7. The number of nitrogens with two attached hydrogens (primary N) is 2. The molecule has 0 spiro atoms. The molecule has 446 valence electrons. The van der Waals surface area contributed by atoms with Gasteiger partial charge in [-0.25, -0.2) is 34.5 Å². The Balaban J connectivity index is 0.000000202. The lowest BCUT2D eigenvalue weighted by Gasteiger charge is -2.10. The van der Waals surface area contributed by atoms with Crippen molar-refractivity contribution in [1.29, 1.82) is 15.8 Å². The molecule has 4 aromatic carbocycles. The van der Waals surface area contributed by atoms with Crippen molar-refractivity contribution < 1.29 is 61.1 Å². The molecular weight excluding hydrogens is 1200 g/mol. The highest BCUT2D eigenvalue weighted by Gasteiger charge is 2.19. The van der Waals surface area contributed by atoms with Gasteiger partial charge in [0.1, 0.15) is 18.2 Å². The third-order valence-corrected chi connectivity index (χ3v) is 11.3. The maximum Gasteiger partial charge on any atom is 0.335 e. The van der Waals surface area contributed by atoms with Crippen LogP contribution in [-0.2, 0) is 0 Å². The highest BCUT2D eigenvalue weighted by molar-refractivity contribution is 9.10. The normalized spacial score (nSPS) is 9.92. The molecule has 0 radical (unpaired) electrons. The number of anilines is 8. The van der Waals surface area contributed by atoms with Crippen LogP contribution >= 0.6 is 15.9 Å². The van der Waals surface area contributed by atoms with E-state index in [4.69, 9.17) is 59.6 Å². The highest BCUT2D eigenvalue weighted by Crippen LogP contribution is 2.26. The van der Waals surface area contributed by atoms with Crippen molar-refractivity contribution in [3.05, 3.63) is 182 Å². The molecule has 0 bridgehead atoms. The first kappa shape index (κ1) is 65.7. The summed E-state index contributed by atoms with van der Waals surface area (Å²) in [5.41, 5.74) is 15.2. The zero-order valence-corrected chi connectivity index (χ0v) is 49.2. The fourth-order valence-corrected chi connectivity index (χ4v) is 7.24. The van der Waals surface area contributed by atoms with Crippen molar-refractivity contribution >= 4 is 97.8 Å². The molecular formula is C57H53BrN16O13. The van der Waals surface area contributed by atoms with Crippen molar-refractivity contribution in [1.82, 2.24) is 34.7 Å². The van der Waals surface area contributed by atoms with Crippen LogP contribution in [0.5, 0.6) is 0 Å². The number of carboxylic acid groups (broad SMARTS) is 2. The van der Waals surface area contributed by atoms with Crippen LogP contribution < -0.4 is 32.7 Å². The number of halogens is 1. The van der Waals surface area contributed by atoms with E-state index >= 15 is 0 Å². The summed E-state index contributed by atoms with van der Waals surface area (Å²) in [6.45, 7) is 8.21. The van der Waals surface area contributed by atoms with Gasteiger partial charge >= 0.3 is 11.9 Å². The Labute approximate surface area is 503 Å². The molecule has 0 atom stereocenters. The van der Waals surface area contributed by atoms with Crippen LogP contribution in [0, 0.1) is 68.6 Å². The van der Waals surface area contributed by atoms with Gasteiger partial charge in [-0.1, -0.05) is 0 Å². The summed E-state index contributed by atoms with van der Waals surface area (Å²) < 4.78 is 26.3. The molecule has 29 nitrogen and oxygen atoms in total. The van der Waals surface area contributed by atoms with Gasteiger partial charge in [0.25, 0.3) is 23.6 Å². The minimum absolute atomic E-state index is 0.000175. The number of oxazole rings is 5. The van der Waals surface area contributed by atoms with Crippen molar-refractivity contribution in [3.63, 3.8) is 0 Å². The lowest BCUT2D eigenvalue weighted by molar-refractivity contribution is 0.0686. The molecule has 87 heavy (non-hydrogen) atoms. The number of aromatic carboxylic acids is 2. The Bertz CT molecular complexity index is 4050. The Hall–Kier alpha value is -12.1. The van der Waals surface area contributed by atoms with Crippen LogP contribution in [0.15, 0.2) is 124 Å². The second-order valence-electron chi connectivity index (χ2n) is 17.9. The molecule has 9 aromatic rings. The Kier molecular flexibility index (Phi) is 22.9. The first-order valence-electron chi connectivity index (χ1n) is 24.9. The maximum absolute atomic E-state index is 11.8. The Morgan fingerprint density at radius 2 is 0.678 bits per heavy atom. The molecule has 5 heterocycles. The number of aryl methyl sites for hydroxylation is 5. The van der Waals surface area contributed by atoms with Crippen LogP contribution in [0.25, 0.3) is 0 Å². The van der Waals surface area contributed by atoms with E-state index in [0.29, 0.717) is 79.6 Å². The number of amides is 4. The van der Waals surface area contributed by atoms with Crippen LogP contribution in [0.2, 0.25) is 0 Å². The van der Waals surface area contributed by atoms with Gasteiger partial charge in [-0.3, -0.25) is 19.2 Å². The van der Waals surface area contributed by atoms with E-state index in [2.05, 4.69) is 62.1 Å². The van der Waals surface area contributed by atoms with E-state index in [0.717, 1.165) is 0 Å². The van der Waals surface area contributed by atoms with Crippen molar-refractivity contribution in [3.8, 4) is 18.2 Å². The van der Waals surface area contributed by atoms with Crippen LogP contribution in [-0.4, -0.2) is 109 Å². The molecule has 0 aliphatic carbocycles. The smallest absolute Gasteiger partial charge is 0.335 e. The van der Waals surface area contributed by atoms with Gasteiger partial charge < -0.3 is 74.8 Å². The number of carbonyl (C=O) groups is 6. The molecule has 0 aliphatic heterocycles. The van der Waals surface area contributed by atoms with Gasteiger partial charge in [-0.05, 0) is 113 Å². The van der Waals surface area contributed by atoms with Gasteiger partial charge in [0.15, 0.2) is 46.5 Å². The van der Waals surface area contributed by atoms with Crippen LogP contribution in [0.1, 0.15) is 109 Å². The van der Waals surface area contributed by atoms with Gasteiger partial charge in [0.05, 0.1) is 11.1 Å². The SMILES string of the molecule is Cc1nc(C#N)c(Br)o1.Cc1nc(C#N)c(Nc2ccc(C(=O)N(C)C)cc2)o1.Cc1nc(C#N)c(Nc2ccc(C(=O)O)cc2)o1.Cc1nc(C(N)=O)c(Nc2ccc(C(=O)N(C)C)cc2)o1.Cc1nc(C(N)=O)c(Nc2ccc(C(=O)O)cc2)o1. The molecule has 5 aromatic heterocycles. The van der Waals surface area contributed by atoms with Crippen molar-refractivity contribution in [2.75, 3.05) is 49.5 Å². The van der Waals surface area contributed by atoms with Crippen molar-refractivity contribution in [2.24, 2.45) is 11.5 Å². The summed E-state index contributed by atoms with van der Waals surface area (Å²) in [6, 6.07) is 31.4. The number of carboxylic acids is 2. The minimum atomic E-state index is -1.01. The van der Waals surface area contributed by atoms with E-state index in [1.54, 1.807) is 136 Å². The maximum atomic E-state index is 11.8. The predicted octanol–water partition coefficient (Wildman–Crippen LogP) is 9.26. The molecule has 30 heteroatoms. The Morgan fingerprint density at radius 3 is 0.920 bits per heavy atom. The number of nitriles is 3. The molecule has 0 unspecified atom stereocenters. The summed E-state index contributed by atoms with van der Waals surface area (Å²) in [5.74, 6) is -0.721. The first-order valence-corrected chi connectivity index (χ1v) is 25.7. The number of hydrogen-bond donors (Lipinski definition) is 8. The number of carbonyl (C=O) groups excluding carboxylic acids is 4. The summed E-state index contributed by atoms with van der Waals surface area (Å²) in [7, 11) is 6.77. The van der Waals surface area contributed by atoms with Crippen LogP contribution in [0.3, 0.4) is 0 Å². The largest absolute Gasteiger partial charge is 0.478 e. The van der Waals surface area contributed by atoms with Crippen molar-refractivity contribution in [2.45, 2.75) is 34.6 Å². The standard InChI is InChI=1S/C14H16N4O3.C14H14N4O2.C12H11N3O4.C12H9N3O3.C5H3BrN2O/c1-8-16-11(12(15)19)13(21-8)17-10-6-4-9(5-7-10)14(20)18(2)3;1-9-16-12(8-15)13(20-9)17-11-6-4-10(5-7-11)14(19)18(2)3;1-6-14-9(10(13)16)11(19-6)15-8-4-2-7(3-5-8)12(17)18;1-7-14-10(6-13)11(18-7)15-9-4-2-8(3-5-9)12(16)17;1-3-8-4(2-7)5(6)9-3/h4-7,17H,1-3H3,(H2,15,19);4-7,17H,1-3H3;2-5,15H,1H3,(H2,13,16)(H,17,18);2-5,15H,1H3,(H,16,17);1H3. The quantitative estimate of drug-likeness (QED) is 0.0502. The number of nitrogens with one attached hydrogen (secondary N) is 4. The number of primary amides is 2. The van der Waals surface area contributed by atoms with Gasteiger partial charge in [-0.2, -0.15) is 15.8 Å². The number of benzene rings is 4. The predicted molar refractivity (Wildman–Crippen MR) is 314 cm³/mol. The highest BCUT2D eigenvalue weighted by atomic mass is 79.9. The lowest BCUT2D eigenvalue weighted by atomic mass is 10.2. The second-order valence-corrected chi connectivity index (χ2v) is 18.6. The van der Waals surface area contributed by atoms with E-state index in [9.17, 15) is 28.8 Å². The molecule has 0 aliphatic rings. The third-order valence-electron chi connectivity index (χ3n) is 10.8. The lowest BCUT2D eigenvalue weighted by Crippen LogP contribution is -2.21.